The van der Waals surface area contributed by atoms with Crippen molar-refractivity contribution in [3.63, 3.8) is 0 Å². The Bertz CT molecular complexity index is 860. The minimum atomic E-state index is 0.596. The number of nitrogens with zero attached hydrogens (tertiary/aromatic N) is 2. The second-order valence-electron chi connectivity index (χ2n) is 6.21. The summed E-state index contributed by atoms with van der Waals surface area (Å²) in [7, 11) is 0. The van der Waals surface area contributed by atoms with Gasteiger partial charge < -0.3 is 10.3 Å². The number of hydrogen-bond donors (Lipinski definition) is 2. The lowest BCUT2D eigenvalue weighted by Gasteiger charge is -2.04. The summed E-state index contributed by atoms with van der Waals surface area (Å²) < 4.78 is 0. The van der Waals surface area contributed by atoms with E-state index in [2.05, 4.69) is 33.6 Å². The summed E-state index contributed by atoms with van der Waals surface area (Å²) in [5.41, 5.74) is 4.42. The lowest BCUT2D eigenvalue weighted by Crippen LogP contribution is -2.16. The van der Waals surface area contributed by atoms with Gasteiger partial charge in [0.2, 0.25) is 0 Å². The van der Waals surface area contributed by atoms with Gasteiger partial charge in [0.1, 0.15) is 0 Å². The molecule has 0 amide bonds. The Morgan fingerprint density at radius 1 is 1.35 bits per heavy atom. The molecule has 3 aromatic rings. The van der Waals surface area contributed by atoms with Crippen molar-refractivity contribution in [3.05, 3.63) is 65.6 Å². The molecule has 0 spiro atoms. The molecular weight excluding hydrogens is 284 g/mol. The van der Waals surface area contributed by atoms with Gasteiger partial charge in [0.25, 0.3) is 0 Å². The van der Waals surface area contributed by atoms with Gasteiger partial charge in [0.05, 0.1) is 11.6 Å². The van der Waals surface area contributed by atoms with E-state index in [1.165, 1.54) is 22.9 Å². The van der Waals surface area contributed by atoms with Crippen LogP contribution in [0.1, 0.15) is 29.0 Å². The topological polar surface area (TPSA) is 64.5 Å². The SMILES string of the molecule is N#Cc1ccc2[nH]cc(C3CC3CNCc3cccnc3)c2c1. The van der Waals surface area contributed by atoms with Crippen molar-refractivity contribution >= 4 is 10.9 Å². The van der Waals surface area contributed by atoms with Crippen LogP contribution in [0.3, 0.4) is 0 Å². The standard InChI is InChI=1S/C19H18N4/c20-8-13-3-4-19-17(6-13)18(12-23-19)16-7-15(16)11-22-10-14-2-1-5-21-9-14/h1-6,9,12,15-16,22-23H,7,10-11H2. The number of benzene rings is 1. The largest absolute Gasteiger partial charge is 0.361 e. The number of hydrogen-bond acceptors (Lipinski definition) is 3. The summed E-state index contributed by atoms with van der Waals surface area (Å²) in [5, 5.41) is 13.8. The van der Waals surface area contributed by atoms with Crippen LogP contribution in [-0.4, -0.2) is 16.5 Å². The van der Waals surface area contributed by atoms with Crippen LogP contribution in [0, 0.1) is 17.2 Å². The molecule has 4 rings (SSSR count). The number of H-pyrrole nitrogens is 1. The molecule has 0 aliphatic heterocycles. The lowest BCUT2D eigenvalue weighted by atomic mass is 10.1. The number of nitrogens with one attached hydrogen (secondary N) is 2. The van der Waals surface area contributed by atoms with Crippen molar-refractivity contribution in [2.45, 2.75) is 18.9 Å². The van der Waals surface area contributed by atoms with E-state index < -0.39 is 0 Å². The number of pyridine rings is 1. The van der Waals surface area contributed by atoms with E-state index in [-0.39, 0.29) is 0 Å². The fraction of sp³-hybridized carbons (Fsp3) is 0.263. The third-order valence-electron chi connectivity index (χ3n) is 4.62. The molecule has 1 aliphatic rings. The van der Waals surface area contributed by atoms with Crippen LogP contribution < -0.4 is 5.32 Å². The van der Waals surface area contributed by atoms with Crippen molar-refractivity contribution in [2.75, 3.05) is 6.54 Å². The summed E-state index contributed by atoms with van der Waals surface area (Å²) in [6, 6.07) is 12.1. The van der Waals surface area contributed by atoms with Crippen LogP contribution in [0.25, 0.3) is 10.9 Å². The van der Waals surface area contributed by atoms with Gasteiger partial charge in [-0.25, -0.2) is 0 Å². The zero-order chi connectivity index (χ0) is 15.6. The summed E-state index contributed by atoms with van der Waals surface area (Å²) >= 11 is 0. The molecular formula is C19H18N4. The Kier molecular flexibility index (Phi) is 3.57. The molecule has 0 radical (unpaired) electrons. The Balaban J connectivity index is 1.40. The molecule has 2 atom stereocenters. The molecule has 4 nitrogen and oxygen atoms in total. The number of nitriles is 1. The highest BCUT2D eigenvalue weighted by Crippen LogP contribution is 2.49. The number of aromatic amines is 1. The Labute approximate surface area is 135 Å². The van der Waals surface area contributed by atoms with Gasteiger partial charge in [-0.1, -0.05) is 6.07 Å². The number of rotatable bonds is 5. The predicted molar refractivity (Wildman–Crippen MR) is 89.8 cm³/mol. The molecule has 1 aliphatic carbocycles. The molecule has 0 bridgehead atoms. The van der Waals surface area contributed by atoms with E-state index in [1.54, 1.807) is 6.20 Å². The molecule has 1 aromatic carbocycles. The van der Waals surface area contributed by atoms with Gasteiger partial charge in [-0.2, -0.15) is 5.26 Å². The summed E-state index contributed by atoms with van der Waals surface area (Å²) in [6.45, 7) is 1.88. The van der Waals surface area contributed by atoms with Gasteiger partial charge >= 0.3 is 0 Å². The molecule has 2 aromatic heterocycles. The highest BCUT2D eigenvalue weighted by atomic mass is 14.9. The fourth-order valence-corrected chi connectivity index (χ4v) is 3.28. The molecule has 4 heteroatoms. The Morgan fingerprint density at radius 2 is 2.30 bits per heavy atom. The molecule has 2 heterocycles. The van der Waals surface area contributed by atoms with Gasteiger partial charge in [-0.3, -0.25) is 4.98 Å². The quantitative estimate of drug-likeness (QED) is 0.760. The fourth-order valence-electron chi connectivity index (χ4n) is 3.28. The van der Waals surface area contributed by atoms with Gasteiger partial charge in [0, 0.05) is 36.0 Å². The van der Waals surface area contributed by atoms with E-state index >= 15 is 0 Å². The average molecular weight is 302 g/mol. The summed E-state index contributed by atoms with van der Waals surface area (Å²) in [5.74, 6) is 1.27. The van der Waals surface area contributed by atoms with Crippen LogP contribution in [0.5, 0.6) is 0 Å². The van der Waals surface area contributed by atoms with Crippen molar-refractivity contribution in [1.82, 2.24) is 15.3 Å². The second kappa shape index (κ2) is 5.86. The molecule has 1 fully saturated rings. The van der Waals surface area contributed by atoms with E-state index in [4.69, 9.17) is 5.26 Å². The van der Waals surface area contributed by atoms with Crippen LogP contribution >= 0.6 is 0 Å². The molecule has 114 valence electrons. The molecule has 1 saturated carbocycles. The summed E-state index contributed by atoms with van der Waals surface area (Å²) in [4.78, 5) is 7.46. The van der Waals surface area contributed by atoms with Crippen LogP contribution in [-0.2, 0) is 6.54 Å². The van der Waals surface area contributed by atoms with Crippen molar-refractivity contribution < 1.29 is 0 Å². The van der Waals surface area contributed by atoms with Crippen molar-refractivity contribution in [3.8, 4) is 6.07 Å². The minimum Gasteiger partial charge on any atom is -0.361 e. The van der Waals surface area contributed by atoms with E-state index in [9.17, 15) is 0 Å². The first kappa shape index (κ1) is 14.0. The second-order valence-corrected chi connectivity index (χ2v) is 6.21. The molecule has 23 heavy (non-hydrogen) atoms. The Morgan fingerprint density at radius 3 is 3.13 bits per heavy atom. The third-order valence-corrected chi connectivity index (χ3v) is 4.62. The zero-order valence-electron chi connectivity index (χ0n) is 12.8. The number of fused-ring (bicyclic) bond motifs is 1. The molecule has 0 saturated heterocycles. The highest BCUT2D eigenvalue weighted by Gasteiger charge is 2.39. The van der Waals surface area contributed by atoms with Gasteiger partial charge in [0.15, 0.2) is 0 Å². The maximum absolute atomic E-state index is 9.08. The predicted octanol–water partition coefficient (Wildman–Crippen LogP) is 3.33. The highest BCUT2D eigenvalue weighted by molar-refractivity contribution is 5.85. The van der Waals surface area contributed by atoms with Crippen molar-refractivity contribution in [1.29, 1.82) is 5.26 Å². The van der Waals surface area contributed by atoms with E-state index in [0.29, 0.717) is 11.8 Å². The monoisotopic (exact) mass is 302 g/mol. The zero-order valence-corrected chi connectivity index (χ0v) is 12.8. The third kappa shape index (κ3) is 2.84. The van der Waals surface area contributed by atoms with Crippen molar-refractivity contribution in [2.24, 2.45) is 5.92 Å². The first-order valence-electron chi connectivity index (χ1n) is 7.96. The van der Waals surface area contributed by atoms with Crippen LogP contribution in [0.2, 0.25) is 0 Å². The van der Waals surface area contributed by atoms with E-state index in [0.717, 1.165) is 24.2 Å². The Hall–Kier alpha value is -2.64. The normalized spacial score (nSPS) is 19.6. The van der Waals surface area contributed by atoms with Crippen LogP contribution in [0.15, 0.2) is 48.9 Å². The number of aromatic nitrogens is 2. The molecule has 2 unspecified atom stereocenters. The summed E-state index contributed by atoms with van der Waals surface area (Å²) in [6.07, 6.45) is 7.02. The lowest BCUT2D eigenvalue weighted by molar-refractivity contribution is 0.627. The maximum Gasteiger partial charge on any atom is 0.0991 e. The van der Waals surface area contributed by atoms with Gasteiger partial charge in [-0.15, -0.1) is 0 Å². The van der Waals surface area contributed by atoms with Crippen LogP contribution in [0.4, 0.5) is 0 Å². The molecule has 2 N–H and O–H groups in total. The smallest absolute Gasteiger partial charge is 0.0991 e. The first-order valence-corrected chi connectivity index (χ1v) is 7.96. The minimum absolute atomic E-state index is 0.596. The van der Waals surface area contributed by atoms with Gasteiger partial charge in [-0.05, 0) is 60.2 Å². The van der Waals surface area contributed by atoms with E-state index in [1.807, 2.05) is 30.5 Å². The first-order chi connectivity index (χ1) is 11.3. The maximum atomic E-state index is 9.08. The average Bonchev–Trinajstić information content (AvgIpc) is 3.24.